The van der Waals surface area contributed by atoms with Crippen molar-refractivity contribution in [3.05, 3.63) is 75.8 Å². The number of nitrogens with zero attached hydrogens (tertiary/aromatic N) is 3. The van der Waals surface area contributed by atoms with Crippen LogP contribution in [-0.2, 0) is 15.2 Å². The Morgan fingerprint density at radius 3 is 2.62 bits per heavy atom. The van der Waals surface area contributed by atoms with Gasteiger partial charge in [0.25, 0.3) is 5.91 Å². The number of amides is 1. The van der Waals surface area contributed by atoms with Gasteiger partial charge in [-0.25, -0.2) is 10.5 Å². The standard InChI is InChI=1S/C26H30N4O3S/c1-17-13-28-22(14-27-17)18(2)26(21-11-12-32-16-21,25-29-15-23(34-25)19-9-6-10-19)33-30-24(31)20-7-4-3-5-8-20/h3-5,7-8,13-15,18-19,21H,6,9-12,16H2,1-2H3,(H,30,31)/t18-,21-,26?/m1/s1. The lowest BCUT2D eigenvalue weighted by atomic mass is 9.76. The second-order valence-electron chi connectivity index (χ2n) is 9.25. The number of hydrogen-bond donors (Lipinski definition) is 1. The molecule has 0 bridgehead atoms. The minimum atomic E-state index is -0.933. The predicted octanol–water partition coefficient (Wildman–Crippen LogP) is 4.91. The fraction of sp³-hybridized carbons (Fsp3) is 0.462. The maximum absolute atomic E-state index is 13.0. The van der Waals surface area contributed by atoms with Crippen LogP contribution in [0.2, 0.25) is 0 Å². The molecule has 1 amide bonds. The van der Waals surface area contributed by atoms with E-state index in [4.69, 9.17) is 14.6 Å². The lowest BCUT2D eigenvalue weighted by molar-refractivity contribution is -0.148. The third-order valence-corrected chi connectivity index (χ3v) is 8.43. The van der Waals surface area contributed by atoms with Crippen molar-refractivity contribution in [3.8, 4) is 0 Å². The number of rotatable bonds is 8. The second kappa shape index (κ2) is 9.90. The first kappa shape index (κ1) is 23.1. The smallest absolute Gasteiger partial charge is 0.274 e. The molecular weight excluding hydrogens is 448 g/mol. The van der Waals surface area contributed by atoms with Crippen LogP contribution in [-0.4, -0.2) is 34.1 Å². The minimum absolute atomic E-state index is 0.00191. The summed E-state index contributed by atoms with van der Waals surface area (Å²) >= 11 is 1.69. The zero-order valence-corrected chi connectivity index (χ0v) is 20.4. The molecule has 178 valence electrons. The Hall–Kier alpha value is -2.68. The molecule has 3 heterocycles. The predicted molar refractivity (Wildman–Crippen MR) is 129 cm³/mol. The van der Waals surface area contributed by atoms with Crippen molar-refractivity contribution >= 4 is 17.2 Å². The molecule has 3 atom stereocenters. The number of carbonyl (C=O) groups excluding carboxylic acids is 1. The number of aryl methyl sites for hydroxylation is 1. The summed E-state index contributed by atoms with van der Waals surface area (Å²) in [5.74, 6) is 0.0600. The van der Waals surface area contributed by atoms with E-state index in [2.05, 4.69) is 22.4 Å². The molecule has 2 fully saturated rings. The monoisotopic (exact) mass is 478 g/mol. The Morgan fingerprint density at radius 2 is 1.97 bits per heavy atom. The molecule has 1 aromatic carbocycles. The molecule has 0 radical (unpaired) electrons. The van der Waals surface area contributed by atoms with Gasteiger partial charge in [0.2, 0.25) is 0 Å². The van der Waals surface area contributed by atoms with Gasteiger partial charge in [-0.15, -0.1) is 11.3 Å². The Labute approximate surface area is 203 Å². The van der Waals surface area contributed by atoms with Crippen LogP contribution in [0.3, 0.4) is 0 Å². The summed E-state index contributed by atoms with van der Waals surface area (Å²) in [6.07, 6.45) is 10.0. The first-order chi connectivity index (χ1) is 16.6. The largest absolute Gasteiger partial charge is 0.381 e. The van der Waals surface area contributed by atoms with Gasteiger partial charge in [-0.05, 0) is 44.2 Å². The quantitative estimate of drug-likeness (QED) is 0.463. The van der Waals surface area contributed by atoms with Gasteiger partial charge in [0.15, 0.2) is 5.60 Å². The van der Waals surface area contributed by atoms with Crippen LogP contribution in [0.1, 0.15) is 76.1 Å². The van der Waals surface area contributed by atoms with Gasteiger partial charge in [-0.1, -0.05) is 31.5 Å². The number of carbonyl (C=O) groups is 1. The van der Waals surface area contributed by atoms with Gasteiger partial charge in [-0.2, -0.15) is 0 Å². The van der Waals surface area contributed by atoms with Gasteiger partial charge in [-0.3, -0.25) is 19.6 Å². The van der Waals surface area contributed by atoms with E-state index >= 15 is 0 Å². The van der Waals surface area contributed by atoms with Crippen molar-refractivity contribution in [3.63, 3.8) is 0 Å². The highest BCUT2D eigenvalue weighted by atomic mass is 32.1. The van der Waals surface area contributed by atoms with E-state index in [0.29, 0.717) is 24.7 Å². The molecule has 34 heavy (non-hydrogen) atoms. The summed E-state index contributed by atoms with van der Waals surface area (Å²) < 4.78 is 5.82. The molecule has 1 aliphatic carbocycles. The fourth-order valence-electron chi connectivity index (χ4n) is 4.78. The first-order valence-corrected chi connectivity index (χ1v) is 12.8. The van der Waals surface area contributed by atoms with Crippen molar-refractivity contribution in [2.24, 2.45) is 5.92 Å². The van der Waals surface area contributed by atoms with Crippen molar-refractivity contribution in [2.75, 3.05) is 13.2 Å². The third kappa shape index (κ3) is 4.37. The molecule has 0 spiro atoms. The highest BCUT2D eigenvalue weighted by molar-refractivity contribution is 7.11. The number of thiazole rings is 1. The maximum Gasteiger partial charge on any atom is 0.274 e. The number of nitrogens with one attached hydrogen (secondary N) is 1. The molecule has 1 aliphatic heterocycles. The molecular formula is C26H30N4O3S. The number of benzene rings is 1. The van der Waals surface area contributed by atoms with E-state index in [9.17, 15) is 4.79 Å². The molecule has 2 aliphatic rings. The molecule has 5 rings (SSSR count). The summed E-state index contributed by atoms with van der Waals surface area (Å²) in [6, 6.07) is 9.10. The normalized spacial score (nSPS) is 20.9. The van der Waals surface area contributed by atoms with E-state index in [1.165, 1.54) is 24.1 Å². The summed E-state index contributed by atoms with van der Waals surface area (Å²) in [5.41, 5.74) is 4.02. The third-order valence-electron chi connectivity index (χ3n) is 7.14. The first-order valence-electron chi connectivity index (χ1n) is 11.9. The SMILES string of the molecule is Cc1cnc([C@@H](C)C(ONC(=O)c2ccccc2)(c2ncc(C3CCC3)s2)[C@@H]2CCOC2)cn1. The molecule has 1 unspecified atom stereocenters. The van der Waals surface area contributed by atoms with Crippen molar-refractivity contribution < 1.29 is 14.4 Å². The highest BCUT2D eigenvalue weighted by Gasteiger charge is 2.52. The van der Waals surface area contributed by atoms with E-state index in [1.807, 2.05) is 31.3 Å². The fourth-order valence-corrected chi connectivity index (χ4v) is 6.16. The molecule has 1 saturated carbocycles. The molecule has 3 aromatic rings. The Kier molecular flexibility index (Phi) is 6.72. The van der Waals surface area contributed by atoms with Crippen LogP contribution in [0.25, 0.3) is 0 Å². The molecule has 7 nitrogen and oxygen atoms in total. The maximum atomic E-state index is 13.0. The van der Waals surface area contributed by atoms with E-state index in [1.54, 1.807) is 35.9 Å². The average molecular weight is 479 g/mol. The summed E-state index contributed by atoms with van der Waals surface area (Å²) in [5, 5.41) is 0.855. The summed E-state index contributed by atoms with van der Waals surface area (Å²) in [6.45, 7) is 5.18. The molecule has 2 aromatic heterocycles. The van der Waals surface area contributed by atoms with Crippen molar-refractivity contribution in [2.45, 2.75) is 57.0 Å². The number of aromatic nitrogens is 3. The van der Waals surface area contributed by atoms with Crippen LogP contribution < -0.4 is 5.48 Å². The van der Waals surface area contributed by atoms with Crippen LogP contribution in [0.15, 0.2) is 48.9 Å². The lowest BCUT2D eigenvalue weighted by Crippen LogP contribution is -2.48. The number of hydroxylamine groups is 1. The highest BCUT2D eigenvalue weighted by Crippen LogP contribution is 2.50. The average Bonchev–Trinajstić information content (AvgIpc) is 3.53. The van der Waals surface area contributed by atoms with Crippen molar-refractivity contribution in [1.82, 2.24) is 20.4 Å². The second-order valence-corrected chi connectivity index (χ2v) is 10.3. The topological polar surface area (TPSA) is 86.2 Å². The Bertz CT molecular complexity index is 1110. The van der Waals surface area contributed by atoms with Gasteiger partial charge in [0.1, 0.15) is 5.01 Å². The van der Waals surface area contributed by atoms with Gasteiger partial charge >= 0.3 is 0 Å². The van der Waals surface area contributed by atoms with Gasteiger partial charge < -0.3 is 4.74 Å². The zero-order valence-electron chi connectivity index (χ0n) is 19.6. The van der Waals surface area contributed by atoms with E-state index < -0.39 is 5.60 Å². The number of hydrogen-bond acceptors (Lipinski definition) is 7. The zero-order chi connectivity index (χ0) is 23.5. The Morgan fingerprint density at radius 1 is 1.15 bits per heavy atom. The molecule has 1 saturated heterocycles. The minimum Gasteiger partial charge on any atom is -0.381 e. The van der Waals surface area contributed by atoms with Crippen LogP contribution in [0.4, 0.5) is 0 Å². The summed E-state index contributed by atoms with van der Waals surface area (Å²) in [7, 11) is 0. The van der Waals surface area contributed by atoms with Gasteiger partial charge in [0.05, 0.1) is 18.0 Å². The lowest BCUT2D eigenvalue weighted by Gasteiger charge is -2.40. The van der Waals surface area contributed by atoms with Crippen LogP contribution in [0, 0.1) is 12.8 Å². The van der Waals surface area contributed by atoms with Crippen LogP contribution in [0.5, 0.6) is 0 Å². The summed E-state index contributed by atoms with van der Waals surface area (Å²) in [4.78, 5) is 34.8. The van der Waals surface area contributed by atoms with E-state index in [0.717, 1.165) is 22.8 Å². The van der Waals surface area contributed by atoms with Crippen LogP contribution >= 0.6 is 11.3 Å². The van der Waals surface area contributed by atoms with Gasteiger partial charge in [0, 0.05) is 47.5 Å². The van der Waals surface area contributed by atoms with Crippen molar-refractivity contribution in [1.29, 1.82) is 0 Å². The number of ether oxygens (including phenoxy) is 1. The molecule has 1 N–H and O–H groups in total. The molecule has 8 heteroatoms. The Balaban J connectivity index is 1.55. The van der Waals surface area contributed by atoms with E-state index in [-0.39, 0.29) is 17.7 Å².